The number of benzene rings is 1. The Bertz CT molecular complexity index is 724. The third kappa shape index (κ3) is 4.20. The molecule has 2 atom stereocenters. The average Bonchev–Trinajstić information content (AvgIpc) is 3.02. The zero-order valence-electron chi connectivity index (χ0n) is 14.6. The van der Waals surface area contributed by atoms with Crippen molar-refractivity contribution in [2.45, 2.75) is 38.7 Å². The number of aliphatic hydroxyl groups excluding tert-OH is 1. The lowest BCUT2D eigenvalue weighted by Crippen LogP contribution is -2.33. The molecule has 3 rings (SSSR count). The van der Waals surface area contributed by atoms with E-state index in [2.05, 4.69) is 10.3 Å². The Hall–Kier alpha value is -2.34. The summed E-state index contributed by atoms with van der Waals surface area (Å²) < 4.78 is 10.8. The fourth-order valence-electron chi connectivity index (χ4n) is 3.23. The van der Waals surface area contributed by atoms with Crippen LogP contribution in [-0.2, 0) is 0 Å². The summed E-state index contributed by atoms with van der Waals surface area (Å²) in [5.41, 5.74) is 1.10. The SMILES string of the molecule is COc1ccc(-c2nc(C(=O)NCC3CCCC(O)C3)c(C)o2)cc1. The van der Waals surface area contributed by atoms with Crippen LogP contribution in [-0.4, -0.2) is 35.8 Å². The van der Waals surface area contributed by atoms with Crippen LogP contribution in [0.5, 0.6) is 5.75 Å². The van der Waals surface area contributed by atoms with Gasteiger partial charge in [-0.1, -0.05) is 6.42 Å². The van der Waals surface area contributed by atoms with E-state index in [4.69, 9.17) is 9.15 Å². The van der Waals surface area contributed by atoms with E-state index >= 15 is 0 Å². The number of aromatic nitrogens is 1. The maximum Gasteiger partial charge on any atom is 0.273 e. The second-order valence-electron chi connectivity index (χ2n) is 6.55. The number of amides is 1. The van der Waals surface area contributed by atoms with Crippen LogP contribution >= 0.6 is 0 Å². The number of methoxy groups -OCH3 is 1. The Morgan fingerprint density at radius 3 is 2.80 bits per heavy atom. The normalized spacial score (nSPS) is 20.3. The Balaban J connectivity index is 1.65. The number of nitrogens with zero attached hydrogens (tertiary/aromatic N) is 1. The molecule has 1 saturated carbocycles. The quantitative estimate of drug-likeness (QED) is 0.871. The van der Waals surface area contributed by atoms with Crippen molar-refractivity contribution < 1.29 is 19.1 Å². The molecule has 0 aliphatic heterocycles. The number of aliphatic hydroxyl groups is 1. The molecule has 0 radical (unpaired) electrons. The van der Waals surface area contributed by atoms with Crippen molar-refractivity contribution in [3.05, 3.63) is 35.7 Å². The molecular weight excluding hydrogens is 320 g/mol. The van der Waals surface area contributed by atoms with Crippen molar-refractivity contribution >= 4 is 5.91 Å². The molecule has 6 nitrogen and oxygen atoms in total. The topological polar surface area (TPSA) is 84.6 Å². The van der Waals surface area contributed by atoms with Crippen LogP contribution in [0, 0.1) is 12.8 Å². The summed E-state index contributed by atoms with van der Waals surface area (Å²) in [5, 5.41) is 12.6. The molecule has 1 aliphatic carbocycles. The highest BCUT2D eigenvalue weighted by molar-refractivity contribution is 5.93. The largest absolute Gasteiger partial charge is 0.497 e. The van der Waals surface area contributed by atoms with Gasteiger partial charge < -0.3 is 19.6 Å². The molecule has 0 bridgehead atoms. The summed E-state index contributed by atoms with van der Waals surface area (Å²) in [6.45, 7) is 2.29. The van der Waals surface area contributed by atoms with E-state index in [-0.39, 0.29) is 12.0 Å². The molecule has 1 amide bonds. The Morgan fingerprint density at radius 2 is 2.12 bits per heavy atom. The first-order chi connectivity index (χ1) is 12.1. The molecule has 1 fully saturated rings. The molecule has 1 aliphatic rings. The number of carbonyl (C=O) groups is 1. The lowest BCUT2D eigenvalue weighted by atomic mass is 9.87. The second kappa shape index (κ2) is 7.70. The number of carbonyl (C=O) groups excluding carboxylic acids is 1. The highest BCUT2D eigenvalue weighted by atomic mass is 16.5. The van der Waals surface area contributed by atoms with Gasteiger partial charge in [0.2, 0.25) is 5.89 Å². The van der Waals surface area contributed by atoms with Crippen molar-refractivity contribution in [3.8, 4) is 17.2 Å². The van der Waals surface area contributed by atoms with Crippen LogP contribution in [0.1, 0.15) is 41.9 Å². The molecule has 2 unspecified atom stereocenters. The molecule has 0 saturated heterocycles. The Kier molecular flexibility index (Phi) is 5.38. The summed E-state index contributed by atoms with van der Waals surface area (Å²) in [6.07, 6.45) is 3.40. The van der Waals surface area contributed by atoms with Gasteiger partial charge in [-0.3, -0.25) is 4.79 Å². The average molecular weight is 344 g/mol. The number of hydrogen-bond donors (Lipinski definition) is 2. The van der Waals surface area contributed by atoms with Crippen molar-refractivity contribution in [1.82, 2.24) is 10.3 Å². The van der Waals surface area contributed by atoms with Gasteiger partial charge in [-0.05, 0) is 56.4 Å². The highest BCUT2D eigenvalue weighted by Gasteiger charge is 2.23. The molecule has 25 heavy (non-hydrogen) atoms. The minimum Gasteiger partial charge on any atom is -0.497 e. The van der Waals surface area contributed by atoms with E-state index in [9.17, 15) is 9.90 Å². The van der Waals surface area contributed by atoms with E-state index in [1.807, 2.05) is 24.3 Å². The summed E-state index contributed by atoms with van der Waals surface area (Å²) >= 11 is 0. The predicted octanol–water partition coefficient (Wildman–Crippen LogP) is 2.94. The number of aryl methyl sites for hydroxylation is 1. The molecule has 2 N–H and O–H groups in total. The Morgan fingerprint density at radius 1 is 1.36 bits per heavy atom. The van der Waals surface area contributed by atoms with Gasteiger partial charge in [0, 0.05) is 12.1 Å². The van der Waals surface area contributed by atoms with Crippen LogP contribution in [0.25, 0.3) is 11.5 Å². The van der Waals surface area contributed by atoms with E-state index in [1.54, 1.807) is 14.0 Å². The van der Waals surface area contributed by atoms with Gasteiger partial charge in [-0.2, -0.15) is 0 Å². The minimum absolute atomic E-state index is 0.235. The zero-order valence-corrected chi connectivity index (χ0v) is 14.6. The standard InChI is InChI=1S/C19H24N2O4/c1-12-17(18(23)20-11-13-4-3-5-15(22)10-13)21-19(25-12)14-6-8-16(24-2)9-7-14/h6-9,13,15,22H,3-5,10-11H2,1-2H3,(H,20,23). The third-order valence-electron chi connectivity index (χ3n) is 4.66. The molecular formula is C19H24N2O4. The smallest absolute Gasteiger partial charge is 0.273 e. The van der Waals surface area contributed by atoms with Gasteiger partial charge in [0.1, 0.15) is 11.5 Å². The molecule has 1 aromatic heterocycles. The number of rotatable bonds is 5. The van der Waals surface area contributed by atoms with E-state index in [0.717, 1.165) is 37.0 Å². The van der Waals surface area contributed by atoms with E-state index in [0.29, 0.717) is 29.8 Å². The zero-order chi connectivity index (χ0) is 17.8. The first kappa shape index (κ1) is 17.5. The lowest BCUT2D eigenvalue weighted by Gasteiger charge is -2.25. The van der Waals surface area contributed by atoms with Gasteiger partial charge in [0.15, 0.2) is 5.69 Å². The van der Waals surface area contributed by atoms with Gasteiger partial charge in [-0.25, -0.2) is 4.98 Å². The molecule has 1 heterocycles. The summed E-state index contributed by atoms with van der Waals surface area (Å²) in [6, 6.07) is 7.33. The van der Waals surface area contributed by atoms with Crippen LogP contribution in [0.15, 0.2) is 28.7 Å². The van der Waals surface area contributed by atoms with Gasteiger partial charge in [0.25, 0.3) is 5.91 Å². The van der Waals surface area contributed by atoms with E-state index in [1.165, 1.54) is 0 Å². The highest BCUT2D eigenvalue weighted by Crippen LogP contribution is 2.25. The van der Waals surface area contributed by atoms with Gasteiger partial charge in [-0.15, -0.1) is 0 Å². The summed E-state index contributed by atoms with van der Waals surface area (Å²) in [4.78, 5) is 16.8. The van der Waals surface area contributed by atoms with Gasteiger partial charge in [0.05, 0.1) is 13.2 Å². The van der Waals surface area contributed by atoms with Crippen molar-refractivity contribution in [2.24, 2.45) is 5.92 Å². The minimum atomic E-state index is -0.244. The van der Waals surface area contributed by atoms with E-state index < -0.39 is 0 Å². The summed E-state index contributed by atoms with van der Waals surface area (Å²) in [5.74, 6) is 1.74. The monoisotopic (exact) mass is 344 g/mol. The number of hydrogen-bond acceptors (Lipinski definition) is 5. The molecule has 2 aromatic rings. The van der Waals surface area contributed by atoms with Crippen LogP contribution in [0.4, 0.5) is 0 Å². The molecule has 6 heteroatoms. The van der Waals surface area contributed by atoms with Crippen molar-refractivity contribution in [2.75, 3.05) is 13.7 Å². The molecule has 0 spiro atoms. The molecule has 1 aromatic carbocycles. The first-order valence-corrected chi connectivity index (χ1v) is 8.65. The number of nitrogens with one attached hydrogen (secondary N) is 1. The maximum absolute atomic E-state index is 12.4. The lowest BCUT2D eigenvalue weighted by molar-refractivity contribution is 0.0869. The third-order valence-corrected chi connectivity index (χ3v) is 4.66. The fraction of sp³-hybridized carbons (Fsp3) is 0.474. The fourth-order valence-corrected chi connectivity index (χ4v) is 3.23. The summed E-state index contributed by atoms with van der Waals surface area (Å²) in [7, 11) is 1.61. The van der Waals surface area contributed by atoms with Crippen LogP contribution in [0.2, 0.25) is 0 Å². The van der Waals surface area contributed by atoms with Crippen LogP contribution < -0.4 is 10.1 Å². The molecule has 134 valence electrons. The van der Waals surface area contributed by atoms with Crippen molar-refractivity contribution in [3.63, 3.8) is 0 Å². The van der Waals surface area contributed by atoms with Gasteiger partial charge >= 0.3 is 0 Å². The van der Waals surface area contributed by atoms with Crippen LogP contribution in [0.3, 0.4) is 0 Å². The maximum atomic E-state index is 12.4. The number of oxazole rings is 1. The predicted molar refractivity (Wildman–Crippen MR) is 93.5 cm³/mol. The van der Waals surface area contributed by atoms with Crippen molar-refractivity contribution in [1.29, 1.82) is 0 Å². The number of ether oxygens (including phenoxy) is 1. The Labute approximate surface area is 147 Å². The first-order valence-electron chi connectivity index (χ1n) is 8.65. The second-order valence-corrected chi connectivity index (χ2v) is 6.55.